The van der Waals surface area contributed by atoms with Crippen LogP contribution in [0, 0.1) is 5.92 Å². The van der Waals surface area contributed by atoms with E-state index in [2.05, 4.69) is 15.3 Å². The molecule has 1 aromatic heterocycles. The molecule has 1 saturated heterocycles. The third kappa shape index (κ3) is 1.82. The van der Waals surface area contributed by atoms with Crippen LogP contribution in [0.3, 0.4) is 0 Å². The number of nitrogens with zero attached hydrogens (tertiary/aromatic N) is 2. The molecule has 3 unspecified atom stereocenters. The third-order valence-corrected chi connectivity index (χ3v) is 4.40. The highest BCUT2D eigenvalue weighted by Crippen LogP contribution is 2.38. The molecule has 1 aromatic rings. The zero-order valence-corrected chi connectivity index (χ0v) is 10.7. The van der Waals surface area contributed by atoms with E-state index in [-0.39, 0.29) is 11.9 Å². The summed E-state index contributed by atoms with van der Waals surface area (Å²) in [6.07, 6.45) is 9.09. The maximum atomic E-state index is 12.6. The van der Waals surface area contributed by atoms with E-state index in [9.17, 15) is 4.79 Å². The fraction of sp³-hybridized carbons (Fsp3) is 0.692. The summed E-state index contributed by atoms with van der Waals surface area (Å²) in [5, 5.41) is 3.15. The van der Waals surface area contributed by atoms with E-state index in [0.717, 1.165) is 25.1 Å². The standard InChI is InChI=1S/C13H20N4O/c1-14-10-6-5-9-3-2-4-11(9)17(13(10)18)12-7-15-8-16-12/h7-11,14H,2-6H2,1H3,(H,15,16). The van der Waals surface area contributed by atoms with Gasteiger partial charge >= 0.3 is 0 Å². The third-order valence-electron chi connectivity index (χ3n) is 4.40. The minimum Gasteiger partial charge on any atom is -0.331 e. The molecule has 1 amide bonds. The molecule has 5 nitrogen and oxygen atoms in total. The van der Waals surface area contributed by atoms with Crippen molar-refractivity contribution in [2.75, 3.05) is 11.9 Å². The second kappa shape index (κ2) is 4.72. The van der Waals surface area contributed by atoms with E-state index in [1.54, 1.807) is 12.5 Å². The molecule has 2 aliphatic rings. The van der Waals surface area contributed by atoms with Crippen LogP contribution >= 0.6 is 0 Å². The van der Waals surface area contributed by atoms with Crippen molar-refractivity contribution in [3.63, 3.8) is 0 Å². The molecule has 3 rings (SSSR count). The molecule has 2 N–H and O–H groups in total. The summed E-state index contributed by atoms with van der Waals surface area (Å²) in [6.45, 7) is 0. The van der Waals surface area contributed by atoms with Gasteiger partial charge in [-0.2, -0.15) is 0 Å². The van der Waals surface area contributed by atoms with Crippen molar-refractivity contribution in [1.82, 2.24) is 15.3 Å². The van der Waals surface area contributed by atoms with E-state index in [1.165, 1.54) is 12.8 Å². The van der Waals surface area contributed by atoms with Crippen LogP contribution < -0.4 is 10.2 Å². The highest BCUT2D eigenvalue weighted by molar-refractivity contribution is 5.97. The predicted molar refractivity (Wildman–Crippen MR) is 69.3 cm³/mol. The Kier molecular flexibility index (Phi) is 3.07. The number of carbonyl (C=O) groups is 1. The average molecular weight is 248 g/mol. The lowest BCUT2D eigenvalue weighted by Gasteiger charge is -2.30. The number of imidazole rings is 1. The van der Waals surface area contributed by atoms with Gasteiger partial charge in [0.1, 0.15) is 5.82 Å². The normalized spacial score (nSPS) is 32.4. The molecule has 1 aliphatic heterocycles. The zero-order chi connectivity index (χ0) is 12.5. The van der Waals surface area contributed by atoms with Gasteiger partial charge in [0.05, 0.1) is 18.6 Å². The molecule has 18 heavy (non-hydrogen) atoms. The molecule has 1 aliphatic carbocycles. The van der Waals surface area contributed by atoms with Crippen LogP contribution in [0.5, 0.6) is 0 Å². The molecule has 0 bridgehead atoms. The Labute approximate surface area is 107 Å². The van der Waals surface area contributed by atoms with Crippen molar-refractivity contribution in [2.45, 2.75) is 44.2 Å². The van der Waals surface area contributed by atoms with Gasteiger partial charge in [-0.15, -0.1) is 0 Å². The zero-order valence-electron chi connectivity index (χ0n) is 10.7. The largest absolute Gasteiger partial charge is 0.331 e. The lowest BCUT2D eigenvalue weighted by molar-refractivity contribution is -0.120. The minimum absolute atomic E-state index is 0.0566. The molecular weight excluding hydrogens is 228 g/mol. The summed E-state index contributed by atoms with van der Waals surface area (Å²) in [7, 11) is 1.87. The van der Waals surface area contributed by atoms with E-state index in [4.69, 9.17) is 0 Å². The van der Waals surface area contributed by atoms with E-state index in [1.807, 2.05) is 11.9 Å². The number of aromatic amines is 1. The molecule has 3 atom stereocenters. The Hall–Kier alpha value is -1.36. The number of anilines is 1. The second-order valence-electron chi connectivity index (χ2n) is 5.32. The van der Waals surface area contributed by atoms with Gasteiger partial charge in [0, 0.05) is 6.04 Å². The van der Waals surface area contributed by atoms with Crippen molar-refractivity contribution in [3.05, 3.63) is 12.5 Å². The smallest absolute Gasteiger partial charge is 0.245 e. The number of fused-ring (bicyclic) bond motifs is 1. The number of H-pyrrole nitrogens is 1. The van der Waals surface area contributed by atoms with Gasteiger partial charge in [0.2, 0.25) is 5.91 Å². The summed E-state index contributed by atoms with van der Waals surface area (Å²) in [6, 6.07) is 0.301. The van der Waals surface area contributed by atoms with Crippen LogP contribution in [-0.2, 0) is 4.79 Å². The molecule has 0 radical (unpaired) electrons. The van der Waals surface area contributed by atoms with Gasteiger partial charge in [0.15, 0.2) is 0 Å². The SMILES string of the molecule is CNC1CCC2CCCC2N(c2cnc[nH]2)C1=O. The van der Waals surface area contributed by atoms with Crippen LogP contribution in [0.1, 0.15) is 32.1 Å². The first-order chi connectivity index (χ1) is 8.81. The predicted octanol–water partition coefficient (Wildman–Crippen LogP) is 1.29. The maximum absolute atomic E-state index is 12.6. The summed E-state index contributed by atoms with van der Waals surface area (Å²) in [4.78, 5) is 21.7. The van der Waals surface area contributed by atoms with Crippen molar-refractivity contribution in [3.8, 4) is 0 Å². The highest BCUT2D eigenvalue weighted by atomic mass is 16.2. The molecule has 2 fully saturated rings. The van der Waals surface area contributed by atoms with Crippen molar-refractivity contribution in [1.29, 1.82) is 0 Å². The number of carbonyl (C=O) groups excluding carboxylic acids is 1. The highest BCUT2D eigenvalue weighted by Gasteiger charge is 2.41. The van der Waals surface area contributed by atoms with E-state index >= 15 is 0 Å². The fourth-order valence-electron chi connectivity index (χ4n) is 3.47. The van der Waals surface area contributed by atoms with Gasteiger partial charge in [-0.25, -0.2) is 4.98 Å². The van der Waals surface area contributed by atoms with E-state index < -0.39 is 0 Å². The van der Waals surface area contributed by atoms with Crippen LogP contribution in [0.4, 0.5) is 5.82 Å². The van der Waals surface area contributed by atoms with Crippen LogP contribution in [0.15, 0.2) is 12.5 Å². The van der Waals surface area contributed by atoms with Crippen LogP contribution in [0.2, 0.25) is 0 Å². The molecule has 5 heteroatoms. The average Bonchev–Trinajstić information content (AvgIpc) is 3.01. The Morgan fingerprint density at radius 3 is 3.00 bits per heavy atom. The minimum atomic E-state index is -0.0566. The lowest BCUT2D eigenvalue weighted by atomic mass is 9.97. The first kappa shape index (κ1) is 11.7. The number of nitrogens with one attached hydrogen (secondary N) is 2. The summed E-state index contributed by atoms with van der Waals surface area (Å²) in [5.74, 6) is 1.69. The summed E-state index contributed by atoms with van der Waals surface area (Å²) >= 11 is 0. The van der Waals surface area contributed by atoms with Crippen LogP contribution in [0.25, 0.3) is 0 Å². The first-order valence-electron chi connectivity index (χ1n) is 6.80. The molecule has 1 saturated carbocycles. The Balaban J connectivity index is 1.96. The van der Waals surface area contributed by atoms with E-state index in [0.29, 0.717) is 12.0 Å². The summed E-state index contributed by atoms with van der Waals surface area (Å²) in [5.41, 5.74) is 0. The fourth-order valence-corrected chi connectivity index (χ4v) is 3.47. The maximum Gasteiger partial charge on any atom is 0.245 e. The Morgan fingerprint density at radius 2 is 2.28 bits per heavy atom. The molecule has 2 heterocycles. The molecule has 0 spiro atoms. The number of aromatic nitrogens is 2. The monoisotopic (exact) mass is 248 g/mol. The number of hydrogen-bond acceptors (Lipinski definition) is 3. The molecular formula is C13H20N4O. The van der Waals surface area contributed by atoms with Gasteiger partial charge in [0.25, 0.3) is 0 Å². The summed E-state index contributed by atoms with van der Waals surface area (Å²) < 4.78 is 0. The van der Waals surface area contributed by atoms with Gasteiger partial charge in [-0.05, 0) is 38.6 Å². The van der Waals surface area contributed by atoms with Gasteiger partial charge in [-0.3, -0.25) is 9.69 Å². The molecule has 98 valence electrons. The van der Waals surface area contributed by atoms with Gasteiger partial charge < -0.3 is 10.3 Å². The van der Waals surface area contributed by atoms with Gasteiger partial charge in [-0.1, -0.05) is 6.42 Å². The van der Waals surface area contributed by atoms with Crippen molar-refractivity contribution >= 4 is 11.7 Å². The van der Waals surface area contributed by atoms with Crippen molar-refractivity contribution < 1.29 is 4.79 Å². The quantitative estimate of drug-likeness (QED) is 0.829. The first-order valence-corrected chi connectivity index (χ1v) is 6.80. The van der Waals surface area contributed by atoms with Crippen LogP contribution in [-0.4, -0.2) is 35.0 Å². The Morgan fingerprint density at radius 1 is 1.39 bits per heavy atom. The number of amides is 1. The van der Waals surface area contributed by atoms with Crippen molar-refractivity contribution in [2.24, 2.45) is 5.92 Å². The molecule has 0 aromatic carbocycles. The number of hydrogen-bond donors (Lipinski definition) is 2. The number of rotatable bonds is 2. The lowest BCUT2D eigenvalue weighted by Crippen LogP contribution is -2.48. The number of likely N-dealkylation sites (N-methyl/N-ethyl adjacent to an activating group) is 1. The topological polar surface area (TPSA) is 61.0 Å². The second-order valence-corrected chi connectivity index (χ2v) is 5.32. The Bertz CT molecular complexity index is 417.